The van der Waals surface area contributed by atoms with Crippen molar-refractivity contribution in [2.45, 2.75) is 40.0 Å². The summed E-state index contributed by atoms with van der Waals surface area (Å²) in [6.07, 6.45) is 6.02. The molecule has 2 rings (SSSR count). The van der Waals surface area contributed by atoms with Gasteiger partial charge in [-0.3, -0.25) is 0 Å². The molecule has 0 heteroatoms. The summed E-state index contributed by atoms with van der Waals surface area (Å²) < 4.78 is 0. The lowest BCUT2D eigenvalue weighted by atomic mass is 9.86. The number of allylic oxidation sites excluding steroid dienone is 1. The second-order valence-electron chi connectivity index (χ2n) is 4.76. The normalized spacial score (nSPS) is 15.1. The number of aryl methyl sites for hydroxylation is 2. The number of hydrogen-bond donors (Lipinski definition) is 0. The van der Waals surface area contributed by atoms with Crippen molar-refractivity contribution >= 4 is 6.08 Å². The third kappa shape index (κ3) is 2.14. The molecular formula is C15H20. The number of fused-ring (bicyclic) bond motifs is 1. The fourth-order valence-electron chi connectivity index (χ4n) is 2.24. The first-order chi connectivity index (χ1) is 7.20. The molecule has 1 aromatic rings. The van der Waals surface area contributed by atoms with E-state index in [1.54, 1.807) is 11.1 Å². The Labute approximate surface area is 93.0 Å². The van der Waals surface area contributed by atoms with Gasteiger partial charge >= 0.3 is 0 Å². The molecule has 0 aromatic heterocycles. The molecule has 15 heavy (non-hydrogen) atoms. The summed E-state index contributed by atoms with van der Waals surface area (Å²) in [5.41, 5.74) is 6.06. The van der Waals surface area contributed by atoms with Gasteiger partial charge in [-0.2, -0.15) is 0 Å². The van der Waals surface area contributed by atoms with Crippen molar-refractivity contribution in [3.05, 3.63) is 40.5 Å². The van der Waals surface area contributed by atoms with Crippen molar-refractivity contribution < 1.29 is 0 Å². The summed E-state index contributed by atoms with van der Waals surface area (Å²) in [6, 6.07) is 6.93. The highest BCUT2D eigenvalue weighted by molar-refractivity contribution is 5.60. The molecule has 0 saturated carbocycles. The van der Waals surface area contributed by atoms with Crippen LogP contribution in [0.25, 0.3) is 6.08 Å². The van der Waals surface area contributed by atoms with Crippen LogP contribution in [0.4, 0.5) is 0 Å². The van der Waals surface area contributed by atoms with Crippen molar-refractivity contribution in [1.29, 1.82) is 0 Å². The Kier molecular flexibility index (Phi) is 2.95. The van der Waals surface area contributed by atoms with Gasteiger partial charge in [0.05, 0.1) is 0 Å². The smallest absolute Gasteiger partial charge is 0.0225 e. The van der Waals surface area contributed by atoms with Crippen LogP contribution in [0, 0.1) is 5.92 Å². The molecule has 1 aliphatic rings. The summed E-state index contributed by atoms with van der Waals surface area (Å²) in [7, 11) is 0. The molecule has 0 heterocycles. The standard InChI is InChI=1S/C15H20/c1-4-12-5-6-15-10-13(11(2)3)7-8-14(15)9-12/h5-6,9-11H,4,7-8H2,1-3H3. The van der Waals surface area contributed by atoms with Crippen LogP contribution in [0.3, 0.4) is 0 Å². The lowest BCUT2D eigenvalue weighted by Gasteiger charge is -2.19. The molecule has 0 fully saturated rings. The predicted octanol–water partition coefficient (Wildman–Crippen LogP) is 4.23. The Hall–Kier alpha value is -1.04. The molecule has 80 valence electrons. The third-order valence-electron chi connectivity index (χ3n) is 3.38. The van der Waals surface area contributed by atoms with Crippen LogP contribution >= 0.6 is 0 Å². The van der Waals surface area contributed by atoms with Gasteiger partial charge in [0, 0.05) is 0 Å². The van der Waals surface area contributed by atoms with Gasteiger partial charge in [-0.1, -0.05) is 50.6 Å². The van der Waals surface area contributed by atoms with E-state index in [-0.39, 0.29) is 0 Å². The fourth-order valence-corrected chi connectivity index (χ4v) is 2.24. The van der Waals surface area contributed by atoms with Crippen molar-refractivity contribution in [2.75, 3.05) is 0 Å². The summed E-state index contributed by atoms with van der Waals surface area (Å²) in [5, 5.41) is 0. The molecule has 1 aliphatic carbocycles. The quantitative estimate of drug-likeness (QED) is 0.670. The van der Waals surface area contributed by atoms with Gasteiger partial charge < -0.3 is 0 Å². The molecule has 0 unspecified atom stereocenters. The summed E-state index contributed by atoms with van der Waals surface area (Å²) in [5.74, 6) is 0.698. The summed E-state index contributed by atoms with van der Waals surface area (Å²) in [6.45, 7) is 6.80. The molecule has 0 nitrogen and oxygen atoms in total. The number of benzene rings is 1. The highest BCUT2D eigenvalue weighted by Gasteiger charge is 2.12. The van der Waals surface area contributed by atoms with Gasteiger partial charge in [0.1, 0.15) is 0 Å². The van der Waals surface area contributed by atoms with E-state index in [4.69, 9.17) is 0 Å². The minimum absolute atomic E-state index is 0.698. The van der Waals surface area contributed by atoms with Gasteiger partial charge in [0.15, 0.2) is 0 Å². The maximum absolute atomic E-state index is 2.39. The Morgan fingerprint density at radius 3 is 2.67 bits per heavy atom. The Bertz CT molecular complexity index is 383. The van der Waals surface area contributed by atoms with Gasteiger partial charge in [-0.15, -0.1) is 0 Å². The average molecular weight is 200 g/mol. The van der Waals surface area contributed by atoms with Gasteiger partial charge in [0.25, 0.3) is 0 Å². The van der Waals surface area contributed by atoms with Gasteiger partial charge in [-0.25, -0.2) is 0 Å². The minimum atomic E-state index is 0.698. The maximum Gasteiger partial charge on any atom is -0.0225 e. The first kappa shape index (κ1) is 10.5. The van der Waals surface area contributed by atoms with Crippen molar-refractivity contribution in [3.63, 3.8) is 0 Å². The molecule has 0 bridgehead atoms. The molecule has 0 amide bonds. The van der Waals surface area contributed by atoms with Crippen molar-refractivity contribution in [3.8, 4) is 0 Å². The molecule has 0 radical (unpaired) electrons. The van der Waals surface area contributed by atoms with Crippen molar-refractivity contribution in [1.82, 2.24) is 0 Å². The van der Waals surface area contributed by atoms with E-state index in [1.165, 1.54) is 24.0 Å². The van der Waals surface area contributed by atoms with Crippen LogP contribution in [0.2, 0.25) is 0 Å². The summed E-state index contributed by atoms with van der Waals surface area (Å²) >= 11 is 0. The van der Waals surface area contributed by atoms with E-state index in [0.717, 1.165) is 6.42 Å². The first-order valence-electron chi connectivity index (χ1n) is 6.03. The monoisotopic (exact) mass is 200 g/mol. The Morgan fingerprint density at radius 2 is 2.00 bits per heavy atom. The van der Waals surface area contributed by atoms with Crippen LogP contribution < -0.4 is 0 Å². The zero-order valence-electron chi connectivity index (χ0n) is 10.0. The molecule has 0 atom stereocenters. The van der Waals surface area contributed by atoms with E-state index in [9.17, 15) is 0 Å². The second kappa shape index (κ2) is 4.22. The average Bonchev–Trinajstić information content (AvgIpc) is 2.27. The van der Waals surface area contributed by atoms with Gasteiger partial charge in [0.2, 0.25) is 0 Å². The van der Waals surface area contributed by atoms with Crippen LogP contribution in [-0.4, -0.2) is 0 Å². The second-order valence-corrected chi connectivity index (χ2v) is 4.76. The minimum Gasteiger partial charge on any atom is -0.0667 e. The largest absolute Gasteiger partial charge is 0.0667 e. The molecule has 0 N–H and O–H groups in total. The third-order valence-corrected chi connectivity index (χ3v) is 3.38. The van der Waals surface area contributed by atoms with E-state index in [1.807, 2.05) is 0 Å². The zero-order chi connectivity index (χ0) is 10.8. The van der Waals surface area contributed by atoms with Crippen LogP contribution in [0.1, 0.15) is 43.9 Å². The molecular weight excluding hydrogens is 180 g/mol. The lowest BCUT2D eigenvalue weighted by Crippen LogP contribution is -2.04. The Morgan fingerprint density at radius 1 is 1.20 bits per heavy atom. The highest BCUT2D eigenvalue weighted by Crippen LogP contribution is 2.28. The Balaban J connectivity index is 2.36. The fraction of sp³-hybridized carbons (Fsp3) is 0.467. The van der Waals surface area contributed by atoms with E-state index in [0.29, 0.717) is 5.92 Å². The van der Waals surface area contributed by atoms with Crippen LogP contribution in [-0.2, 0) is 12.8 Å². The maximum atomic E-state index is 2.39. The van der Waals surface area contributed by atoms with E-state index >= 15 is 0 Å². The molecule has 0 aliphatic heterocycles. The number of rotatable bonds is 2. The molecule has 0 spiro atoms. The predicted molar refractivity (Wildman–Crippen MR) is 67.0 cm³/mol. The first-order valence-corrected chi connectivity index (χ1v) is 6.03. The zero-order valence-corrected chi connectivity index (χ0v) is 10.0. The van der Waals surface area contributed by atoms with Gasteiger partial charge in [-0.05, 0) is 41.9 Å². The molecule has 0 saturated heterocycles. The number of hydrogen-bond acceptors (Lipinski definition) is 0. The summed E-state index contributed by atoms with van der Waals surface area (Å²) in [4.78, 5) is 0. The lowest BCUT2D eigenvalue weighted by molar-refractivity contribution is 0.709. The van der Waals surface area contributed by atoms with Crippen molar-refractivity contribution in [2.24, 2.45) is 5.92 Å². The molecule has 1 aromatic carbocycles. The van der Waals surface area contributed by atoms with Crippen LogP contribution in [0.5, 0.6) is 0 Å². The van der Waals surface area contributed by atoms with Crippen LogP contribution in [0.15, 0.2) is 23.8 Å². The highest BCUT2D eigenvalue weighted by atomic mass is 14.2. The van der Waals surface area contributed by atoms with E-state index < -0.39 is 0 Å². The van der Waals surface area contributed by atoms with E-state index in [2.05, 4.69) is 45.0 Å². The topological polar surface area (TPSA) is 0 Å². The SMILES string of the molecule is CCc1ccc2c(c1)CCC(C(C)C)=C2.